The largest absolute Gasteiger partial charge is 0.407 e. The van der Waals surface area contributed by atoms with Crippen LogP contribution in [0, 0.1) is 11.8 Å². The molecule has 2 aliphatic rings. The number of hydrogen-bond donors (Lipinski definition) is 0. The zero-order chi connectivity index (χ0) is 12.9. The van der Waals surface area contributed by atoms with Gasteiger partial charge in [0.2, 0.25) is 0 Å². The molecule has 0 N–H and O–H groups in total. The van der Waals surface area contributed by atoms with Crippen LogP contribution < -0.4 is 5.32 Å². The lowest BCUT2D eigenvalue weighted by molar-refractivity contribution is 0.0850. The summed E-state index contributed by atoms with van der Waals surface area (Å²) >= 11 is 0. The molecule has 1 aromatic heterocycles. The standard InChI is InChI=1S/C16H23NOSi/c1-2-8-13(7-1)16(14-9-3-4-10-14)18-19-15-11-5-6-12-17-15/h5-6,11-14,16H,1-4,7-10H2. The first-order valence-corrected chi connectivity index (χ1v) is 8.67. The van der Waals surface area contributed by atoms with Gasteiger partial charge in [0.15, 0.2) is 0 Å². The van der Waals surface area contributed by atoms with Crippen LogP contribution in [-0.4, -0.2) is 20.9 Å². The van der Waals surface area contributed by atoms with E-state index >= 15 is 0 Å². The van der Waals surface area contributed by atoms with E-state index in [0.717, 1.165) is 17.2 Å². The minimum atomic E-state index is 0.427. The Morgan fingerprint density at radius 2 is 1.63 bits per heavy atom. The van der Waals surface area contributed by atoms with Gasteiger partial charge in [-0.3, -0.25) is 4.98 Å². The smallest absolute Gasteiger partial charge is 0.290 e. The van der Waals surface area contributed by atoms with Crippen molar-refractivity contribution >= 4 is 15.1 Å². The maximum absolute atomic E-state index is 6.36. The third-order valence-corrected chi connectivity index (χ3v) is 5.59. The van der Waals surface area contributed by atoms with Crippen molar-refractivity contribution in [3.05, 3.63) is 24.4 Å². The first-order valence-electron chi connectivity index (χ1n) is 7.76. The molecule has 2 saturated carbocycles. The quantitative estimate of drug-likeness (QED) is 0.769. The van der Waals surface area contributed by atoms with Gasteiger partial charge in [0.1, 0.15) is 0 Å². The second kappa shape index (κ2) is 6.66. The normalized spacial score (nSPS) is 21.5. The molecule has 0 aliphatic heterocycles. The molecule has 1 heterocycles. The lowest BCUT2D eigenvalue weighted by Crippen LogP contribution is -2.35. The molecule has 102 valence electrons. The van der Waals surface area contributed by atoms with E-state index in [9.17, 15) is 0 Å². The molecule has 0 unspecified atom stereocenters. The molecule has 19 heavy (non-hydrogen) atoms. The molecule has 2 radical (unpaired) electrons. The van der Waals surface area contributed by atoms with Crippen LogP contribution in [0.15, 0.2) is 24.4 Å². The van der Waals surface area contributed by atoms with Crippen molar-refractivity contribution in [1.29, 1.82) is 0 Å². The molecular weight excluding hydrogens is 250 g/mol. The molecule has 2 nitrogen and oxygen atoms in total. The van der Waals surface area contributed by atoms with E-state index in [1.165, 1.54) is 51.4 Å². The first kappa shape index (κ1) is 13.3. The molecule has 2 aliphatic carbocycles. The number of hydrogen-bond acceptors (Lipinski definition) is 2. The van der Waals surface area contributed by atoms with Gasteiger partial charge in [-0.2, -0.15) is 0 Å². The topological polar surface area (TPSA) is 22.1 Å². The summed E-state index contributed by atoms with van der Waals surface area (Å²) in [6, 6.07) is 6.11. The van der Waals surface area contributed by atoms with Crippen LogP contribution in [0.2, 0.25) is 0 Å². The Morgan fingerprint density at radius 1 is 1.00 bits per heavy atom. The van der Waals surface area contributed by atoms with Crippen molar-refractivity contribution in [3.63, 3.8) is 0 Å². The van der Waals surface area contributed by atoms with E-state index in [1.807, 2.05) is 12.3 Å². The van der Waals surface area contributed by atoms with E-state index in [0.29, 0.717) is 15.9 Å². The van der Waals surface area contributed by atoms with Crippen LogP contribution in [-0.2, 0) is 4.43 Å². The van der Waals surface area contributed by atoms with Crippen molar-refractivity contribution in [1.82, 2.24) is 4.98 Å². The van der Waals surface area contributed by atoms with Gasteiger partial charge in [-0.1, -0.05) is 31.7 Å². The van der Waals surface area contributed by atoms with E-state index in [2.05, 4.69) is 17.1 Å². The molecule has 0 bridgehead atoms. The fourth-order valence-corrected chi connectivity index (χ4v) is 4.63. The highest BCUT2D eigenvalue weighted by molar-refractivity contribution is 6.45. The lowest BCUT2D eigenvalue weighted by atomic mass is 9.89. The van der Waals surface area contributed by atoms with Crippen LogP contribution in [0.4, 0.5) is 0 Å². The Bertz CT molecular complexity index is 356. The van der Waals surface area contributed by atoms with Gasteiger partial charge in [-0.25, -0.2) is 0 Å². The lowest BCUT2D eigenvalue weighted by Gasteiger charge is -2.29. The molecule has 0 saturated heterocycles. The van der Waals surface area contributed by atoms with Crippen LogP contribution in [0.25, 0.3) is 0 Å². The second-order valence-corrected chi connectivity index (χ2v) is 6.94. The van der Waals surface area contributed by atoms with Crippen molar-refractivity contribution < 1.29 is 4.43 Å². The van der Waals surface area contributed by atoms with Crippen LogP contribution in [0.3, 0.4) is 0 Å². The summed E-state index contributed by atoms with van der Waals surface area (Å²) in [6.45, 7) is 0. The molecule has 3 heteroatoms. The Labute approximate surface area is 118 Å². The molecular formula is C16H23NOSi. The third-order valence-electron chi connectivity index (χ3n) is 4.69. The maximum Gasteiger partial charge on any atom is 0.290 e. The average Bonchev–Trinajstić information content (AvgIpc) is 3.13. The van der Waals surface area contributed by atoms with E-state index in [-0.39, 0.29) is 0 Å². The van der Waals surface area contributed by atoms with Gasteiger partial charge in [-0.15, -0.1) is 0 Å². The zero-order valence-corrected chi connectivity index (χ0v) is 12.6. The summed E-state index contributed by atoms with van der Waals surface area (Å²) in [5, 5.41) is 1.10. The first-order chi connectivity index (χ1) is 9.43. The Hall–Kier alpha value is -0.673. The Balaban J connectivity index is 1.61. The highest BCUT2D eigenvalue weighted by atomic mass is 28.2. The number of nitrogens with zero attached hydrogens (tertiary/aromatic N) is 1. The molecule has 0 spiro atoms. The second-order valence-electron chi connectivity index (χ2n) is 5.99. The van der Waals surface area contributed by atoms with Gasteiger partial charge >= 0.3 is 0 Å². The molecule has 0 atom stereocenters. The van der Waals surface area contributed by atoms with Crippen LogP contribution >= 0.6 is 0 Å². The Morgan fingerprint density at radius 3 is 2.16 bits per heavy atom. The highest BCUT2D eigenvalue weighted by Gasteiger charge is 2.33. The van der Waals surface area contributed by atoms with Crippen molar-refractivity contribution in [3.8, 4) is 0 Å². The molecule has 3 rings (SSSR count). The van der Waals surface area contributed by atoms with E-state index < -0.39 is 0 Å². The fourth-order valence-electron chi connectivity index (χ4n) is 3.70. The van der Waals surface area contributed by atoms with Gasteiger partial charge in [0.25, 0.3) is 9.76 Å². The van der Waals surface area contributed by atoms with Crippen molar-refractivity contribution in [2.75, 3.05) is 0 Å². The van der Waals surface area contributed by atoms with Crippen molar-refractivity contribution in [2.45, 2.75) is 57.5 Å². The average molecular weight is 273 g/mol. The molecule has 0 amide bonds. The summed E-state index contributed by atoms with van der Waals surface area (Å²) in [7, 11) is 0.427. The summed E-state index contributed by atoms with van der Waals surface area (Å²) in [4.78, 5) is 4.39. The minimum absolute atomic E-state index is 0.427. The third kappa shape index (κ3) is 3.45. The SMILES string of the molecule is c1ccc([Si]OC(C2CCCC2)C2CCCC2)nc1. The predicted molar refractivity (Wildman–Crippen MR) is 78.4 cm³/mol. The molecule has 0 aromatic carbocycles. The summed E-state index contributed by atoms with van der Waals surface area (Å²) in [6.07, 6.45) is 13.5. The highest BCUT2D eigenvalue weighted by Crippen LogP contribution is 2.38. The van der Waals surface area contributed by atoms with Gasteiger partial charge in [0, 0.05) is 6.20 Å². The minimum Gasteiger partial charge on any atom is -0.407 e. The monoisotopic (exact) mass is 273 g/mol. The molecule has 1 aromatic rings. The maximum atomic E-state index is 6.36. The summed E-state index contributed by atoms with van der Waals surface area (Å²) in [5.74, 6) is 1.64. The van der Waals surface area contributed by atoms with Crippen LogP contribution in [0.1, 0.15) is 51.4 Å². The van der Waals surface area contributed by atoms with Gasteiger partial charge in [-0.05, 0) is 49.7 Å². The number of rotatable bonds is 5. The Kier molecular flexibility index (Phi) is 4.67. The summed E-state index contributed by atoms with van der Waals surface area (Å²) in [5.41, 5.74) is 0. The summed E-state index contributed by atoms with van der Waals surface area (Å²) < 4.78 is 6.36. The van der Waals surface area contributed by atoms with E-state index in [4.69, 9.17) is 4.43 Å². The van der Waals surface area contributed by atoms with Gasteiger partial charge < -0.3 is 4.43 Å². The fraction of sp³-hybridized carbons (Fsp3) is 0.688. The van der Waals surface area contributed by atoms with Gasteiger partial charge in [0.05, 0.1) is 11.4 Å². The van der Waals surface area contributed by atoms with Crippen LogP contribution in [0.5, 0.6) is 0 Å². The number of aromatic nitrogens is 1. The number of pyridine rings is 1. The molecule has 2 fully saturated rings. The van der Waals surface area contributed by atoms with E-state index in [1.54, 1.807) is 0 Å². The predicted octanol–water partition coefficient (Wildman–Crippen LogP) is 3.09. The van der Waals surface area contributed by atoms with Crippen molar-refractivity contribution in [2.24, 2.45) is 11.8 Å². The zero-order valence-electron chi connectivity index (χ0n) is 11.6.